The molecule has 0 spiro atoms. The van der Waals surface area contributed by atoms with Crippen molar-refractivity contribution in [2.75, 3.05) is 18.5 Å². The molecule has 156 valence electrons. The third kappa shape index (κ3) is 2.99. The lowest BCUT2D eigenvalue weighted by atomic mass is 10.3. The number of ether oxygens (including phenoxy) is 1. The fraction of sp³-hybridized carbons (Fsp3) is 0.0952. The number of rotatable bonds is 5. The number of benzene rings is 2. The Bertz CT molecular complexity index is 1490. The van der Waals surface area contributed by atoms with Gasteiger partial charge in [0.25, 0.3) is 10.0 Å². The summed E-state index contributed by atoms with van der Waals surface area (Å²) in [6.45, 7) is 0. The molecule has 0 bridgehead atoms. The van der Waals surface area contributed by atoms with Crippen molar-refractivity contribution in [1.29, 1.82) is 0 Å². The van der Waals surface area contributed by atoms with Gasteiger partial charge < -0.3 is 9.15 Å². The topological polar surface area (TPSA) is 103 Å². The molecule has 0 aliphatic rings. The minimum absolute atomic E-state index is 0.106. The zero-order chi connectivity index (χ0) is 21.6. The fourth-order valence-corrected chi connectivity index (χ4v) is 4.51. The highest BCUT2D eigenvalue weighted by molar-refractivity contribution is 7.92. The summed E-state index contributed by atoms with van der Waals surface area (Å²) in [6.07, 6.45) is 1.54. The Balaban J connectivity index is 1.74. The van der Waals surface area contributed by atoms with E-state index >= 15 is 0 Å². The van der Waals surface area contributed by atoms with Crippen molar-refractivity contribution in [2.45, 2.75) is 4.90 Å². The van der Waals surface area contributed by atoms with Crippen molar-refractivity contribution in [3.05, 3.63) is 66.9 Å². The molecule has 0 radical (unpaired) electrons. The van der Waals surface area contributed by atoms with Crippen LogP contribution in [0.3, 0.4) is 0 Å². The van der Waals surface area contributed by atoms with Crippen LogP contribution in [0.5, 0.6) is 5.75 Å². The second-order valence-electron chi connectivity index (χ2n) is 6.73. The fourth-order valence-electron chi connectivity index (χ4n) is 3.37. The van der Waals surface area contributed by atoms with Crippen molar-refractivity contribution in [1.82, 2.24) is 19.6 Å². The van der Waals surface area contributed by atoms with Crippen molar-refractivity contribution in [2.24, 2.45) is 0 Å². The Labute approximate surface area is 177 Å². The number of hydrogen-bond acceptors (Lipinski definition) is 7. The lowest BCUT2D eigenvalue weighted by molar-refractivity contribution is 0.414. The molecule has 0 N–H and O–H groups in total. The van der Waals surface area contributed by atoms with Crippen LogP contribution in [0.15, 0.2) is 76.2 Å². The van der Waals surface area contributed by atoms with Gasteiger partial charge in [0, 0.05) is 7.05 Å². The molecule has 31 heavy (non-hydrogen) atoms. The number of furan rings is 1. The first-order chi connectivity index (χ1) is 15.0. The first-order valence-corrected chi connectivity index (χ1v) is 10.8. The van der Waals surface area contributed by atoms with E-state index in [1.54, 1.807) is 41.0 Å². The van der Waals surface area contributed by atoms with E-state index in [0.717, 1.165) is 9.82 Å². The lowest BCUT2D eigenvalue weighted by Gasteiger charge is -2.19. The predicted octanol–water partition coefficient (Wildman–Crippen LogP) is 3.37. The minimum atomic E-state index is -3.91. The van der Waals surface area contributed by atoms with Crippen molar-refractivity contribution in [3.63, 3.8) is 0 Å². The number of fused-ring (bicyclic) bond motifs is 3. The highest BCUT2D eigenvalue weighted by Crippen LogP contribution is 2.31. The molecule has 9 nitrogen and oxygen atoms in total. The third-order valence-electron chi connectivity index (χ3n) is 4.97. The second kappa shape index (κ2) is 7.10. The standard InChI is InChI=1S/C21H17N5O4S/c1-25(31(27,28)15-11-9-14(29-2)10-12-15)20-21-24-23-19(18-8-5-13-30-18)26(21)17-7-4-3-6-16(17)22-20/h3-13H,1-2H3. The second-order valence-corrected chi connectivity index (χ2v) is 8.70. The first-order valence-electron chi connectivity index (χ1n) is 9.31. The molecule has 0 fully saturated rings. The smallest absolute Gasteiger partial charge is 0.265 e. The van der Waals surface area contributed by atoms with Gasteiger partial charge in [0.15, 0.2) is 11.6 Å². The molecular formula is C21H17N5O4S. The van der Waals surface area contributed by atoms with Gasteiger partial charge >= 0.3 is 0 Å². The molecule has 0 saturated heterocycles. The summed E-state index contributed by atoms with van der Waals surface area (Å²) in [5.41, 5.74) is 1.62. The molecule has 2 aromatic carbocycles. The van der Waals surface area contributed by atoms with E-state index in [0.29, 0.717) is 28.5 Å². The quantitative estimate of drug-likeness (QED) is 0.417. The van der Waals surface area contributed by atoms with Crippen molar-refractivity contribution < 1.29 is 17.6 Å². The van der Waals surface area contributed by atoms with Gasteiger partial charge in [-0.1, -0.05) is 12.1 Å². The molecule has 5 rings (SSSR count). The Morgan fingerprint density at radius 2 is 1.77 bits per heavy atom. The molecule has 0 unspecified atom stereocenters. The van der Waals surface area contributed by atoms with Crippen LogP contribution in [0.2, 0.25) is 0 Å². The van der Waals surface area contributed by atoms with E-state index in [1.165, 1.54) is 26.3 Å². The number of aromatic nitrogens is 4. The molecular weight excluding hydrogens is 418 g/mol. The van der Waals surface area contributed by atoms with Gasteiger partial charge in [-0.25, -0.2) is 17.7 Å². The molecule has 0 amide bonds. The molecule has 0 atom stereocenters. The number of anilines is 1. The summed E-state index contributed by atoms with van der Waals surface area (Å²) in [4.78, 5) is 4.70. The van der Waals surface area contributed by atoms with E-state index in [1.807, 2.05) is 18.2 Å². The van der Waals surface area contributed by atoms with Gasteiger partial charge in [-0.2, -0.15) is 0 Å². The summed E-state index contributed by atoms with van der Waals surface area (Å²) >= 11 is 0. The van der Waals surface area contributed by atoms with Crippen LogP contribution in [0.25, 0.3) is 28.3 Å². The highest BCUT2D eigenvalue weighted by atomic mass is 32.2. The maximum absolute atomic E-state index is 13.3. The molecule has 0 aliphatic heterocycles. The Morgan fingerprint density at radius 1 is 1.00 bits per heavy atom. The van der Waals surface area contributed by atoms with Gasteiger partial charge in [-0.15, -0.1) is 10.2 Å². The molecule has 0 saturated carbocycles. The Morgan fingerprint density at radius 3 is 2.48 bits per heavy atom. The van der Waals surface area contributed by atoms with Crippen LogP contribution in [0.1, 0.15) is 0 Å². The average molecular weight is 435 g/mol. The first kappa shape index (κ1) is 19.1. The van der Waals surface area contributed by atoms with Crippen LogP contribution in [0, 0.1) is 0 Å². The van der Waals surface area contributed by atoms with Crippen LogP contribution in [-0.4, -0.2) is 42.2 Å². The van der Waals surface area contributed by atoms with Gasteiger partial charge in [0.1, 0.15) is 5.75 Å². The molecule has 3 aromatic heterocycles. The van der Waals surface area contributed by atoms with Crippen molar-refractivity contribution >= 4 is 32.5 Å². The SMILES string of the molecule is COc1ccc(S(=O)(=O)N(C)c2nc3ccccc3n3c(-c4ccco4)nnc23)cc1. The van der Waals surface area contributed by atoms with E-state index < -0.39 is 10.0 Å². The van der Waals surface area contributed by atoms with Gasteiger partial charge in [0.2, 0.25) is 11.5 Å². The number of nitrogens with zero attached hydrogens (tertiary/aromatic N) is 5. The van der Waals surface area contributed by atoms with E-state index in [9.17, 15) is 8.42 Å². The zero-order valence-electron chi connectivity index (χ0n) is 16.6. The minimum Gasteiger partial charge on any atom is -0.497 e. The summed E-state index contributed by atoms with van der Waals surface area (Å²) in [7, 11) is -0.947. The van der Waals surface area contributed by atoms with Gasteiger partial charge in [0.05, 0.1) is 29.3 Å². The zero-order valence-corrected chi connectivity index (χ0v) is 17.4. The maximum Gasteiger partial charge on any atom is 0.265 e. The average Bonchev–Trinajstić information content (AvgIpc) is 3.48. The third-order valence-corrected chi connectivity index (χ3v) is 6.73. The highest BCUT2D eigenvalue weighted by Gasteiger charge is 2.27. The van der Waals surface area contributed by atoms with Crippen LogP contribution in [-0.2, 0) is 10.0 Å². The molecule has 5 aromatic rings. The number of methoxy groups -OCH3 is 1. The largest absolute Gasteiger partial charge is 0.497 e. The van der Waals surface area contributed by atoms with Gasteiger partial charge in [-0.05, 0) is 48.5 Å². The summed E-state index contributed by atoms with van der Waals surface area (Å²) in [5.74, 6) is 1.68. The van der Waals surface area contributed by atoms with Gasteiger partial charge in [-0.3, -0.25) is 4.40 Å². The Hall–Kier alpha value is -3.92. The monoisotopic (exact) mass is 435 g/mol. The van der Waals surface area contributed by atoms with Crippen LogP contribution < -0.4 is 9.04 Å². The normalized spacial score (nSPS) is 11.8. The summed E-state index contributed by atoms with van der Waals surface area (Å²) in [5, 5.41) is 8.49. The van der Waals surface area contributed by atoms with Crippen molar-refractivity contribution in [3.8, 4) is 17.3 Å². The van der Waals surface area contributed by atoms with Crippen LogP contribution >= 0.6 is 0 Å². The number of para-hydroxylation sites is 2. The number of hydrogen-bond donors (Lipinski definition) is 0. The molecule has 10 heteroatoms. The number of sulfonamides is 1. The predicted molar refractivity (Wildman–Crippen MR) is 115 cm³/mol. The maximum atomic E-state index is 13.3. The Kier molecular flexibility index (Phi) is 4.36. The summed E-state index contributed by atoms with van der Waals surface area (Å²) in [6, 6.07) is 17.1. The lowest BCUT2D eigenvalue weighted by Crippen LogP contribution is -2.28. The molecule has 3 heterocycles. The van der Waals surface area contributed by atoms with E-state index in [-0.39, 0.29) is 10.7 Å². The molecule has 0 aliphatic carbocycles. The van der Waals surface area contributed by atoms with E-state index in [4.69, 9.17) is 9.15 Å². The van der Waals surface area contributed by atoms with Crippen LogP contribution in [0.4, 0.5) is 5.82 Å². The summed E-state index contributed by atoms with van der Waals surface area (Å²) < 4.78 is 40.1. The van der Waals surface area contributed by atoms with E-state index in [2.05, 4.69) is 15.2 Å².